The summed E-state index contributed by atoms with van der Waals surface area (Å²) in [6.45, 7) is 4.31. The first-order valence-corrected chi connectivity index (χ1v) is 8.62. The summed E-state index contributed by atoms with van der Waals surface area (Å²) in [5, 5.41) is 1.01. The van der Waals surface area contributed by atoms with Crippen LogP contribution in [-0.2, 0) is 0 Å². The highest BCUT2D eigenvalue weighted by atomic mass is 32.1. The van der Waals surface area contributed by atoms with Crippen molar-refractivity contribution in [3.8, 4) is 5.75 Å². The Morgan fingerprint density at radius 3 is 2.50 bits per heavy atom. The minimum atomic E-state index is -0.150. The summed E-state index contributed by atoms with van der Waals surface area (Å²) in [4.78, 5) is 13.0. The second-order valence-electron chi connectivity index (χ2n) is 5.87. The highest BCUT2D eigenvalue weighted by Gasteiger charge is 2.10. The van der Waals surface area contributed by atoms with Crippen LogP contribution in [0.5, 0.6) is 5.75 Å². The maximum Gasteiger partial charge on any atom is 0.279 e. The highest BCUT2D eigenvalue weighted by Crippen LogP contribution is 2.28. The maximum atomic E-state index is 12.3. The van der Waals surface area contributed by atoms with E-state index in [4.69, 9.17) is 4.74 Å². The zero-order valence-corrected chi connectivity index (χ0v) is 14.7. The molecule has 1 amide bonds. The van der Waals surface area contributed by atoms with Gasteiger partial charge >= 0.3 is 0 Å². The molecule has 0 radical (unpaired) electrons. The van der Waals surface area contributed by atoms with E-state index in [1.165, 1.54) is 16.9 Å². The molecule has 4 nitrogen and oxygen atoms in total. The van der Waals surface area contributed by atoms with E-state index in [-0.39, 0.29) is 5.91 Å². The van der Waals surface area contributed by atoms with Crippen molar-refractivity contribution in [2.75, 3.05) is 12.5 Å². The molecule has 0 saturated heterocycles. The van der Waals surface area contributed by atoms with Crippen LogP contribution in [0.15, 0.2) is 48.5 Å². The molecule has 0 unspecified atom stereocenters. The Balaban J connectivity index is 1.68. The number of hydrogen-bond acceptors (Lipinski definition) is 4. The SMILES string of the molecule is COc1ccc2sc(C(=O)NNc3ccc(C(C)C)cc3)cc2c1. The van der Waals surface area contributed by atoms with Gasteiger partial charge in [-0.1, -0.05) is 26.0 Å². The van der Waals surface area contributed by atoms with Gasteiger partial charge in [-0.25, -0.2) is 0 Å². The number of amides is 1. The second kappa shape index (κ2) is 6.93. The number of carbonyl (C=O) groups excluding carboxylic acids is 1. The molecular formula is C19H20N2O2S. The summed E-state index contributed by atoms with van der Waals surface area (Å²) in [7, 11) is 1.63. The number of carbonyl (C=O) groups is 1. The van der Waals surface area contributed by atoms with Gasteiger partial charge in [0, 0.05) is 4.70 Å². The van der Waals surface area contributed by atoms with Crippen LogP contribution in [0.2, 0.25) is 0 Å². The van der Waals surface area contributed by atoms with Crippen molar-refractivity contribution in [1.82, 2.24) is 5.43 Å². The predicted octanol–water partition coefficient (Wildman–Crippen LogP) is 4.79. The van der Waals surface area contributed by atoms with Crippen LogP contribution < -0.4 is 15.6 Å². The third-order valence-corrected chi connectivity index (χ3v) is 4.96. The van der Waals surface area contributed by atoms with Gasteiger partial charge in [-0.2, -0.15) is 0 Å². The van der Waals surface area contributed by atoms with Crippen LogP contribution in [0.4, 0.5) is 5.69 Å². The van der Waals surface area contributed by atoms with E-state index >= 15 is 0 Å². The van der Waals surface area contributed by atoms with Crippen LogP contribution in [0.1, 0.15) is 35.0 Å². The summed E-state index contributed by atoms with van der Waals surface area (Å²) >= 11 is 1.46. The van der Waals surface area contributed by atoms with E-state index in [9.17, 15) is 4.79 Å². The van der Waals surface area contributed by atoms with Crippen LogP contribution in [0.25, 0.3) is 10.1 Å². The summed E-state index contributed by atoms with van der Waals surface area (Å²) in [6, 6.07) is 15.7. The van der Waals surface area contributed by atoms with Crippen molar-refractivity contribution in [3.63, 3.8) is 0 Å². The molecule has 124 valence electrons. The van der Waals surface area contributed by atoms with E-state index in [0.29, 0.717) is 10.8 Å². The van der Waals surface area contributed by atoms with Crippen molar-refractivity contribution in [2.45, 2.75) is 19.8 Å². The van der Waals surface area contributed by atoms with Gasteiger partial charge in [0.05, 0.1) is 17.7 Å². The number of benzene rings is 2. The van der Waals surface area contributed by atoms with E-state index < -0.39 is 0 Å². The molecule has 2 aromatic carbocycles. The predicted molar refractivity (Wildman–Crippen MR) is 100.0 cm³/mol. The number of rotatable bonds is 5. The van der Waals surface area contributed by atoms with E-state index in [0.717, 1.165) is 21.5 Å². The lowest BCUT2D eigenvalue weighted by atomic mass is 10.0. The number of thiophene rings is 1. The lowest BCUT2D eigenvalue weighted by molar-refractivity contribution is 0.0966. The largest absolute Gasteiger partial charge is 0.497 e. The van der Waals surface area contributed by atoms with Gasteiger partial charge in [-0.15, -0.1) is 11.3 Å². The molecule has 0 atom stereocenters. The molecule has 1 aromatic heterocycles. The Hall–Kier alpha value is -2.53. The zero-order valence-electron chi connectivity index (χ0n) is 13.9. The fourth-order valence-electron chi connectivity index (χ4n) is 2.40. The lowest BCUT2D eigenvalue weighted by Gasteiger charge is -2.09. The van der Waals surface area contributed by atoms with Crippen LogP contribution >= 0.6 is 11.3 Å². The molecule has 0 fully saturated rings. The molecule has 1 heterocycles. The summed E-state index contributed by atoms with van der Waals surface area (Å²) in [6.07, 6.45) is 0. The standard InChI is InChI=1S/C19H20N2O2S/c1-12(2)13-4-6-15(7-5-13)20-21-19(22)18-11-14-10-16(23-3)8-9-17(14)24-18/h4-12,20H,1-3H3,(H,21,22). The average molecular weight is 340 g/mol. The average Bonchev–Trinajstić information content (AvgIpc) is 3.03. The first-order chi connectivity index (χ1) is 11.6. The number of nitrogens with one attached hydrogen (secondary N) is 2. The molecule has 24 heavy (non-hydrogen) atoms. The van der Waals surface area contributed by atoms with Gasteiger partial charge in [0.25, 0.3) is 5.91 Å². The third kappa shape index (κ3) is 3.51. The minimum Gasteiger partial charge on any atom is -0.497 e. The van der Waals surface area contributed by atoms with Crippen molar-refractivity contribution in [1.29, 1.82) is 0 Å². The molecule has 3 aromatic rings. The van der Waals surface area contributed by atoms with Crippen LogP contribution in [-0.4, -0.2) is 13.0 Å². The smallest absolute Gasteiger partial charge is 0.279 e. The lowest BCUT2D eigenvalue weighted by Crippen LogP contribution is -2.28. The molecular weight excluding hydrogens is 320 g/mol. The molecule has 5 heteroatoms. The number of methoxy groups -OCH3 is 1. The van der Waals surface area contributed by atoms with Gasteiger partial charge in [0.15, 0.2) is 0 Å². The Morgan fingerprint density at radius 2 is 1.83 bits per heavy atom. The van der Waals surface area contributed by atoms with E-state index in [1.807, 2.05) is 36.4 Å². The molecule has 0 spiro atoms. The van der Waals surface area contributed by atoms with E-state index in [2.05, 4.69) is 36.8 Å². The molecule has 3 rings (SSSR count). The van der Waals surface area contributed by atoms with Crippen molar-refractivity contribution in [2.24, 2.45) is 0 Å². The zero-order chi connectivity index (χ0) is 17.1. The van der Waals surface area contributed by atoms with Crippen LogP contribution in [0, 0.1) is 0 Å². The maximum absolute atomic E-state index is 12.3. The van der Waals surface area contributed by atoms with Crippen molar-refractivity contribution in [3.05, 3.63) is 59.0 Å². The van der Waals surface area contributed by atoms with Crippen LogP contribution in [0.3, 0.4) is 0 Å². The van der Waals surface area contributed by atoms with E-state index in [1.54, 1.807) is 7.11 Å². The Morgan fingerprint density at radius 1 is 1.08 bits per heavy atom. The fourth-order valence-corrected chi connectivity index (χ4v) is 3.34. The molecule has 0 aliphatic rings. The second-order valence-corrected chi connectivity index (χ2v) is 6.95. The number of fused-ring (bicyclic) bond motifs is 1. The Labute approximate surface area is 145 Å². The van der Waals surface area contributed by atoms with Gasteiger partial charge in [0.2, 0.25) is 0 Å². The quantitative estimate of drug-likeness (QED) is 0.657. The van der Waals surface area contributed by atoms with Gasteiger partial charge in [-0.05, 0) is 53.3 Å². The number of hydrazine groups is 1. The summed E-state index contributed by atoms with van der Waals surface area (Å²) in [5.74, 6) is 1.13. The minimum absolute atomic E-state index is 0.150. The molecule has 0 aliphatic heterocycles. The topological polar surface area (TPSA) is 50.4 Å². The molecule has 0 aliphatic carbocycles. The van der Waals surface area contributed by atoms with Gasteiger partial charge in [-0.3, -0.25) is 15.6 Å². The van der Waals surface area contributed by atoms with Crippen molar-refractivity contribution >= 4 is 33.0 Å². The fraction of sp³-hybridized carbons (Fsp3) is 0.211. The van der Waals surface area contributed by atoms with Crippen molar-refractivity contribution < 1.29 is 9.53 Å². The highest BCUT2D eigenvalue weighted by molar-refractivity contribution is 7.20. The Bertz CT molecular complexity index is 853. The number of hydrogen-bond donors (Lipinski definition) is 2. The summed E-state index contributed by atoms with van der Waals surface area (Å²) in [5.41, 5.74) is 7.83. The van der Waals surface area contributed by atoms with Gasteiger partial charge < -0.3 is 4.74 Å². The summed E-state index contributed by atoms with van der Waals surface area (Å²) < 4.78 is 6.27. The third-order valence-electron chi connectivity index (χ3n) is 3.84. The monoisotopic (exact) mass is 340 g/mol. The molecule has 0 bridgehead atoms. The number of ether oxygens (including phenoxy) is 1. The number of anilines is 1. The first kappa shape index (κ1) is 16.3. The first-order valence-electron chi connectivity index (χ1n) is 7.80. The Kier molecular flexibility index (Phi) is 4.71. The normalized spacial score (nSPS) is 10.8. The molecule has 2 N–H and O–H groups in total. The molecule has 0 saturated carbocycles. The van der Waals surface area contributed by atoms with Gasteiger partial charge in [0.1, 0.15) is 5.75 Å².